The Balaban J connectivity index is 2.23. The number of nitrogens with zero attached hydrogens (tertiary/aromatic N) is 1. The highest BCUT2D eigenvalue weighted by Crippen LogP contribution is 2.25. The molecule has 0 aromatic carbocycles. The third kappa shape index (κ3) is 2.71. The molecule has 2 atom stereocenters. The van der Waals surface area contributed by atoms with E-state index in [-0.39, 0.29) is 0 Å². The van der Waals surface area contributed by atoms with Crippen LogP contribution >= 0.6 is 0 Å². The summed E-state index contributed by atoms with van der Waals surface area (Å²) in [5, 5.41) is 8.61. The Morgan fingerprint density at radius 2 is 2.07 bits per heavy atom. The summed E-state index contributed by atoms with van der Waals surface area (Å²) in [5.74, 6) is 0.436. The second kappa shape index (κ2) is 4.78. The van der Waals surface area contributed by atoms with Gasteiger partial charge in [0.25, 0.3) is 0 Å². The fourth-order valence-electron chi connectivity index (χ4n) is 2.02. The van der Waals surface area contributed by atoms with Gasteiger partial charge in [-0.3, -0.25) is 9.69 Å². The molecule has 1 N–H and O–H groups in total. The maximum absolute atomic E-state index is 10.5. The molecular formula is C11H21NO2. The van der Waals surface area contributed by atoms with Gasteiger partial charge in [0, 0.05) is 19.1 Å². The van der Waals surface area contributed by atoms with Crippen LogP contribution in [0.25, 0.3) is 0 Å². The Bertz CT molecular complexity index is 199. The van der Waals surface area contributed by atoms with E-state index in [1.165, 1.54) is 6.42 Å². The van der Waals surface area contributed by atoms with Gasteiger partial charge in [0.2, 0.25) is 0 Å². The summed E-state index contributed by atoms with van der Waals surface area (Å²) in [5.41, 5.74) is 0. The standard InChI is InChI=1S/C11H21NO2/c1-4-8(2)9(3)12-6-10(7-12)5-11(13)14/h8-10H,4-7H2,1-3H3,(H,13,14). The smallest absolute Gasteiger partial charge is 0.303 e. The molecule has 0 aromatic heterocycles. The summed E-state index contributed by atoms with van der Waals surface area (Å²) in [4.78, 5) is 12.8. The van der Waals surface area contributed by atoms with E-state index >= 15 is 0 Å². The highest BCUT2D eigenvalue weighted by Gasteiger charge is 2.32. The molecular weight excluding hydrogens is 178 g/mol. The molecule has 0 spiro atoms. The van der Waals surface area contributed by atoms with E-state index in [0.717, 1.165) is 13.1 Å². The van der Waals surface area contributed by atoms with Crippen molar-refractivity contribution in [3.63, 3.8) is 0 Å². The Kier molecular flexibility index (Phi) is 3.93. The first-order valence-corrected chi connectivity index (χ1v) is 5.50. The average Bonchev–Trinajstić information content (AvgIpc) is 2.07. The predicted molar refractivity (Wildman–Crippen MR) is 56.2 cm³/mol. The van der Waals surface area contributed by atoms with Crippen molar-refractivity contribution in [2.75, 3.05) is 13.1 Å². The predicted octanol–water partition coefficient (Wildman–Crippen LogP) is 1.83. The summed E-state index contributed by atoms with van der Waals surface area (Å²) >= 11 is 0. The van der Waals surface area contributed by atoms with Gasteiger partial charge in [-0.25, -0.2) is 0 Å². The molecule has 1 fully saturated rings. The molecule has 1 rings (SSSR count). The Morgan fingerprint density at radius 1 is 1.50 bits per heavy atom. The van der Waals surface area contributed by atoms with Gasteiger partial charge >= 0.3 is 5.97 Å². The van der Waals surface area contributed by atoms with Crippen LogP contribution in [0.3, 0.4) is 0 Å². The van der Waals surface area contributed by atoms with Crippen LogP contribution in [-0.4, -0.2) is 35.1 Å². The molecule has 0 amide bonds. The minimum atomic E-state index is -0.661. The molecule has 0 bridgehead atoms. The molecule has 1 aliphatic rings. The second-order valence-corrected chi connectivity index (χ2v) is 4.54. The van der Waals surface area contributed by atoms with Gasteiger partial charge in [0.1, 0.15) is 0 Å². The number of likely N-dealkylation sites (tertiary alicyclic amines) is 1. The van der Waals surface area contributed by atoms with E-state index in [1.54, 1.807) is 0 Å². The average molecular weight is 199 g/mol. The quantitative estimate of drug-likeness (QED) is 0.734. The highest BCUT2D eigenvalue weighted by atomic mass is 16.4. The van der Waals surface area contributed by atoms with E-state index in [9.17, 15) is 4.79 Å². The zero-order chi connectivity index (χ0) is 10.7. The lowest BCUT2D eigenvalue weighted by Gasteiger charge is -2.44. The number of hydrogen-bond acceptors (Lipinski definition) is 2. The van der Waals surface area contributed by atoms with Crippen LogP contribution in [0, 0.1) is 11.8 Å². The Labute approximate surface area is 86.1 Å². The van der Waals surface area contributed by atoms with Crippen molar-refractivity contribution in [3.8, 4) is 0 Å². The second-order valence-electron chi connectivity index (χ2n) is 4.54. The van der Waals surface area contributed by atoms with Crippen LogP contribution in [0.2, 0.25) is 0 Å². The van der Waals surface area contributed by atoms with Crippen LogP contribution in [0.5, 0.6) is 0 Å². The van der Waals surface area contributed by atoms with Gasteiger partial charge in [-0.05, 0) is 18.8 Å². The van der Waals surface area contributed by atoms with Gasteiger partial charge in [-0.2, -0.15) is 0 Å². The van der Waals surface area contributed by atoms with Crippen LogP contribution in [0.1, 0.15) is 33.6 Å². The molecule has 2 unspecified atom stereocenters. The summed E-state index contributed by atoms with van der Waals surface area (Å²) in [6.45, 7) is 8.64. The number of carboxylic acid groups (broad SMARTS) is 1. The Hall–Kier alpha value is -0.570. The van der Waals surface area contributed by atoms with Crippen molar-refractivity contribution in [1.29, 1.82) is 0 Å². The van der Waals surface area contributed by atoms with Crippen LogP contribution in [0.15, 0.2) is 0 Å². The fourth-order valence-corrected chi connectivity index (χ4v) is 2.02. The van der Waals surface area contributed by atoms with E-state index < -0.39 is 5.97 Å². The molecule has 1 heterocycles. The molecule has 82 valence electrons. The van der Waals surface area contributed by atoms with Gasteiger partial charge in [-0.1, -0.05) is 20.3 Å². The first-order chi connectivity index (χ1) is 6.54. The van der Waals surface area contributed by atoms with Crippen LogP contribution < -0.4 is 0 Å². The topological polar surface area (TPSA) is 40.5 Å². The van der Waals surface area contributed by atoms with Crippen LogP contribution in [-0.2, 0) is 4.79 Å². The van der Waals surface area contributed by atoms with Crippen molar-refractivity contribution in [2.24, 2.45) is 11.8 Å². The van der Waals surface area contributed by atoms with Gasteiger partial charge < -0.3 is 5.11 Å². The fraction of sp³-hybridized carbons (Fsp3) is 0.909. The zero-order valence-corrected chi connectivity index (χ0v) is 9.36. The number of carboxylic acids is 1. The Morgan fingerprint density at radius 3 is 2.50 bits per heavy atom. The van der Waals surface area contributed by atoms with E-state index in [1.807, 2.05) is 0 Å². The van der Waals surface area contributed by atoms with Crippen molar-refractivity contribution >= 4 is 5.97 Å². The molecule has 0 aromatic rings. The van der Waals surface area contributed by atoms with Crippen molar-refractivity contribution in [3.05, 3.63) is 0 Å². The lowest BCUT2D eigenvalue weighted by Crippen LogP contribution is -2.53. The molecule has 1 aliphatic heterocycles. The first-order valence-electron chi connectivity index (χ1n) is 5.50. The SMILES string of the molecule is CCC(C)C(C)N1CC(CC(=O)O)C1. The van der Waals surface area contributed by atoms with Gasteiger partial charge in [-0.15, -0.1) is 0 Å². The largest absolute Gasteiger partial charge is 0.481 e. The number of carbonyl (C=O) groups is 1. The molecule has 0 radical (unpaired) electrons. The third-order valence-electron chi connectivity index (χ3n) is 3.49. The van der Waals surface area contributed by atoms with Gasteiger partial charge in [0.15, 0.2) is 0 Å². The molecule has 3 heteroatoms. The van der Waals surface area contributed by atoms with Crippen LogP contribution in [0.4, 0.5) is 0 Å². The lowest BCUT2D eigenvalue weighted by molar-refractivity contribution is -0.140. The normalized spacial score (nSPS) is 22.8. The number of rotatable bonds is 5. The minimum absolute atomic E-state index is 0.337. The summed E-state index contributed by atoms with van der Waals surface area (Å²) in [6, 6.07) is 0.602. The van der Waals surface area contributed by atoms with E-state index in [0.29, 0.717) is 24.3 Å². The maximum atomic E-state index is 10.5. The molecule has 1 saturated heterocycles. The summed E-state index contributed by atoms with van der Waals surface area (Å²) in [7, 11) is 0. The highest BCUT2D eigenvalue weighted by molar-refractivity contribution is 5.67. The zero-order valence-electron chi connectivity index (χ0n) is 9.36. The third-order valence-corrected chi connectivity index (χ3v) is 3.49. The molecule has 0 saturated carbocycles. The monoisotopic (exact) mass is 199 g/mol. The molecule has 3 nitrogen and oxygen atoms in total. The lowest BCUT2D eigenvalue weighted by atomic mass is 9.90. The number of aliphatic carboxylic acids is 1. The van der Waals surface area contributed by atoms with Crippen molar-refractivity contribution in [2.45, 2.75) is 39.7 Å². The van der Waals surface area contributed by atoms with Crippen molar-refractivity contribution < 1.29 is 9.90 Å². The molecule has 14 heavy (non-hydrogen) atoms. The van der Waals surface area contributed by atoms with Crippen molar-refractivity contribution in [1.82, 2.24) is 4.90 Å². The maximum Gasteiger partial charge on any atom is 0.303 e. The van der Waals surface area contributed by atoms with E-state index in [4.69, 9.17) is 5.11 Å². The molecule has 0 aliphatic carbocycles. The number of hydrogen-bond donors (Lipinski definition) is 1. The summed E-state index contributed by atoms with van der Waals surface area (Å²) in [6.07, 6.45) is 1.53. The van der Waals surface area contributed by atoms with E-state index in [2.05, 4.69) is 25.7 Å². The van der Waals surface area contributed by atoms with Gasteiger partial charge in [0.05, 0.1) is 6.42 Å². The first kappa shape index (κ1) is 11.5. The minimum Gasteiger partial charge on any atom is -0.481 e. The summed E-state index contributed by atoms with van der Waals surface area (Å²) < 4.78 is 0.